The summed E-state index contributed by atoms with van der Waals surface area (Å²) in [6, 6.07) is 12.6. The Bertz CT molecular complexity index is 717. The van der Waals surface area contributed by atoms with E-state index in [1.165, 1.54) is 89.0 Å². The van der Waals surface area contributed by atoms with Gasteiger partial charge in [-0.1, -0.05) is 69.6 Å². The van der Waals surface area contributed by atoms with Crippen molar-refractivity contribution in [2.45, 2.75) is 95.8 Å². The second-order valence-electron chi connectivity index (χ2n) is 9.73. The fourth-order valence-electron chi connectivity index (χ4n) is 5.76. The maximum Gasteiger partial charge on any atom is 0.0991 e. The smallest absolute Gasteiger partial charge is 0.0991 e. The van der Waals surface area contributed by atoms with Gasteiger partial charge in [-0.15, -0.1) is 0 Å². The molecule has 0 radical (unpaired) electrons. The van der Waals surface area contributed by atoms with Gasteiger partial charge in [0.2, 0.25) is 0 Å². The second kappa shape index (κ2) is 12.6. The van der Waals surface area contributed by atoms with E-state index < -0.39 is 0 Å². The molecule has 30 heavy (non-hydrogen) atoms. The van der Waals surface area contributed by atoms with Crippen LogP contribution in [0.1, 0.15) is 107 Å². The molecule has 2 saturated carbocycles. The average molecular weight is 403 g/mol. The Morgan fingerprint density at radius 2 is 1.27 bits per heavy atom. The van der Waals surface area contributed by atoms with Crippen LogP contribution < -0.4 is 0 Å². The molecule has 0 bridgehead atoms. The summed E-state index contributed by atoms with van der Waals surface area (Å²) in [4.78, 5) is 0. The molecular weight excluding hydrogens is 364 g/mol. The van der Waals surface area contributed by atoms with Gasteiger partial charge in [0.05, 0.1) is 17.7 Å². The molecule has 3 rings (SSSR count). The van der Waals surface area contributed by atoms with Crippen molar-refractivity contribution in [2.24, 2.45) is 17.8 Å². The minimum absolute atomic E-state index is 0.708. The number of nitriles is 2. The molecule has 2 heteroatoms. The molecule has 0 N–H and O–H groups in total. The van der Waals surface area contributed by atoms with Gasteiger partial charge in [-0.05, 0) is 79.9 Å². The van der Waals surface area contributed by atoms with E-state index in [4.69, 9.17) is 10.5 Å². The Balaban J connectivity index is 1.24. The van der Waals surface area contributed by atoms with Gasteiger partial charge in [0.15, 0.2) is 0 Å². The van der Waals surface area contributed by atoms with Gasteiger partial charge in [0.1, 0.15) is 0 Å². The summed E-state index contributed by atoms with van der Waals surface area (Å²) in [6.45, 7) is 0. The van der Waals surface area contributed by atoms with Crippen LogP contribution >= 0.6 is 0 Å². The summed E-state index contributed by atoms with van der Waals surface area (Å²) < 4.78 is 0. The first kappa shape index (κ1) is 22.6. The Kier molecular flexibility index (Phi) is 9.50. The molecule has 2 aliphatic carbocycles. The van der Waals surface area contributed by atoms with Crippen LogP contribution in [0.4, 0.5) is 0 Å². The second-order valence-corrected chi connectivity index (χ2v) is 9.73. The fourth-order valence-corrected chi connectivity index (χ4v) is 5.76. The van der Waals surface area contributed by atoms with Crippen LogP contribution in [0.5, 0.6) is 0 Å². The van der Waals surface area contributed by atoms with Gasteiger partial charge in [0.25, 0.3) is 0 Å². The largest absolute Gasteiger partial charge is 0.193 e. The highest BCUT2D eigenvalue weighted by molar-refractivity contribution is 5.33. The molecule has 1 aromatic carbocycles. The zero-order chi connectivity index (χ0) is 21.0. The van der Waals surface area contributed by atoms with Gasteiger partial charge in [-0.3, -0.25) is 0 Å². The van der Waals surface area contributed by atoms with E-state index in [-0.39, 0.29) is 0 Å². The lowest BCUT2D eigenvalue weighted by atomic mass is 9.76. The van der Waals surface area contributed by atoms with Crippen LogP contribution in [-0.4, -0.2) is 0 Å². The predicted octanol–water partition coefficient (Wildman–Crippen LogP) is 8.06. The van der Waals surface area contributed by atoms with Crippen LogP contribution in [0.15, 0.2) is 36.4 Å². The minimum atomic E-state index is 0.708. The van der Waals surface area contributed by atoms with Gasteiger partial charge >= 0.3 is 0 Å². The van der Waals surface area contributed by atoms with Crippen LogP contribution in [0.2, 0.25) is 0 Å². The number of rotatable bonds is 9. The van der Waals surface area contributed by atoms with Crippen molar-refractivity contribution < 1.29 is 0 Å². The van der Waals surface area contributed by atoms with Crippen LogP contribution in [-0.2, 0) is 0 Å². The van der Waals surface area contributed by atoms with Crippen molar-refractivity contribution in [1.82, 2.24) is 0 Å². The Labute approximate surface area is 184 Å². The van der Waals surface area contributed by atoms with E-state index in [0.717, 1.165) is 29.7 Å². The lowest BCUT2D eigenvalue weighted by Gasteiger charge is -2.30. The molecule has 0 saturated heterocycles. The molecule has 0 aliphatic heterocycles. The predicted molar refractivity (Wildman–Crippen MR) is 124 cm³/mol. The SMILES string of the molecule is N#CC=CCC[C@H]1CC[C@H](CCCC[C@H]2CC[C@H](c3ccc(C#N)cc3)CC2)CC1. The highest BCUT2D eigenvalue weighted by Gasteiger charge is 2.23. The number of hydrogen-bond donors (Lipinski definition) is 0. The number of unbranched alkanes of at least 4 members (excludes halogenated alkanes) is 1. The fraction of sp³-hybridized carbons (Fsp3) is 0.643. The normalized spacial score (nSPS) is 26.9. The molecule has 0 aromatic heterocycles. The maximum atomic E-state index is 8.96. The van der Waals surface area contributed by atoms with Crippen molar-refractivity contribution >= 4 is 0 Å². The number of allylic oxidation sites excluding steroid dienone is 2. The van der Waals surface area contributed by atoms with E-state index in [0.29, 0.717) is 5.92 Å². The third-order valence-electron chi connectivity index (χ3n) is 7.73. The summed E-state index contributed by atoms with van der Waals surface area (Å²) in [5.74, 6) is 3.52. The van der Waals surface area contributed by atoms with E-state index in [1.54, 1.807) is 6.08 Å². The van der Waals surface area contributed by atoms with E-state index >= 15 is 0 Å². The summed E-state index contributed by atoms with van der Waals surface area (Å²) in [5.41, 5.74) is 2.21. The van der Waals surface area contributed by atoms with Crippen LogP contribution in [0.25, 0.3) is 0 Å². The molecule has 1 aromatic rings. The number of benzene rings is 1. The molecular formula is C28H38N2. The van der Waals surface area contributed by atoms with Crippen molar-refractivity contribution in [3.63, 3.8) is 0 Å². The first-order valence-electron chi connectivity index (χ1n) is 12.3. The van der Waals surface area contributed by atoms with Crippen molar-refractivity contribution in [1.29, 1.82) is 10.5 Å². The lowest BCUT2D eigenvalue weighted by molar-refractivity contribution is 0.244. The van der Waals surface area contributed by atoms with E-state index in [1.807, 2.05) is 18.2 Å². The Hall–Kier alpha value is -2.06. The standard InChI is InChI=1S/C28H38N2/c29-21-5-1-2-6-23-9-11-24(12-10-23)7-3-4-8-25-13-17-27(18-14-25)28-19-15-26(22-30)16-20-28/h1,5,15-16,19-20,23-25,27H,2-4,6-14,17-18H2/t23-,24-,25-,27-. The molecule has 0 unspecified atom stereocenters. The monoisotopic (exact) mass is 402 g/mol. The van der Waals surface area contributed by atoms with Crippen molar-refractivity contribution in [3.8, 4) is 12.1 Å². The molecule has 0 heterocycles. The first-order valence-corrected chi connectivity index (χ1v) is 12.3. The highest BCUT2D eigenvalue weighted by atomic mass is 14.3. The van der Waals surface area contributed by atoms with Crippen molar-refractivity contribution in [3.05, 3.63) is 47.5 Å². The van der Waals surface area contributed by atoms with Gasteiger partial charge in [-0.2, -0.15) is 10.5 Å². The summed E-state index contributed by atoms with van der Waals surface area (Å²) in [7, 11) is 0. The molecule has 2 nitrogen and oxygen atoms in total. The van der Waals surface area contributed by atoms with E-state index in [2.05, 4.69) is 24.3 Å². The first-order chi connectivity index (χ1) is 14.8. The van der Waals surface area contributed by atoms with Crippen LogP contribution in [0, 0.1) is 40.4 Å². The number of hydrogen-bond acceptors (Lipinski definition) is 2. The summed E-state index contributed by atoms with van der Waals surface area (Å²) >= 11 is 0. The van der Waals surface area contributed by atoms with Gasteiger partial charge in [-0.25, -0.2) is 0 Å². The summed E-state index contributed by atoms with van der Waals surface area (Å²) in [5, 5.41) is 17.5. The third kappa shape index (κ3) is 7.32. The molecule has 0 atom stereocenters. The van der Waals surface area contributed by atoms with Crippen molar-refractivity contribution in [2.75, 3.05) is 0 Å². The Morgan fingerprint density at radius 3 is 1.80 bits per heavy atom. The molecule has 0 spiro atoms. The molecule has 160 valence electrons. The van der Waals surface area contributed by atoms with Gasteiger partial charge in [0, 0.05) is 6.08 Å². The quantitative estimate of drug-likeness (QED) is 0.310. The molecule has 0 amide bonds. The van der Waals surface area contributed by atoms with E-state index in [9.17, 15) is 0 Å². The zero-order valence-electron chi connectivity index (χ0n) is 18.6. The zero-order valence-corrected chi connectivity index (χ0v) is 18.6. The molecule has 2 aliphatic rings. The van der Waals surface area contributed by atoms with Gasteiger partial charge < -0.3 is 0 Å². The van der Waals surface area contributed by atoms with Crippen LogP contribution in [0.3, 0.4) is 0 Å². The average Bonchev–Trinajstić information content (AvgIpc) is 2.81. The summed E-state index contributed by atoms with van der Waals surface area (Å²) in [6.07, 6.45) is 22.8. The maximum absolute atomic E-state index is 8.96. The minimum Gasteiger partial charge on any atom is -0.193 e. The third-order valence-corrected chi connectivity index (χ3v) is 7.73. The Morgan fingerprint density at radius 1 is 0.733 bits per heavy atom. The lowest BCUT2D eigenvalue weighted by Crippen LogP contribution is -2.15. The molecule has 2 fully saturated rings. The topological polar surface area (TPSA) is 47.6 Å². The highest BCUT2D eigenvalue weighted by Crippen LogP contribution is 2.38. The number of nitrogens with zero attached hydrogens (tertiary/aromatic N) is 2.